The topological polar surface area (TPSA) is 30.5 Å². The smallest absolute Gasteiger partial charge is 0.163 e. The lowest BCUT2D eigenvalue weighted by molar-refractivity contribution is 0.171. The maximum Gasteiger partial charge on any atom is 0.163 e. The lowest BCUT2D eigenvalue weighted by Gasteiger charge is -2.20. The lowest BCUT2D eigenvalue weighted by atomic mass is 10.2. The standard InChI is InChI=1S/C15H12BrCl2NO2/c16-12-6-14-15(21-2-1-20-14)7-13(12)19-8-9-3-10(17)5-11(18)4-9/h3-7,19H,1-2,8H2. The first-order valence-electron chi connectivity index (χ1n) is 6.40. The molecule has 0 aliphatic carbocycles. The molecule has 0 fully saturated rings. The number of hydrogen-bond donors (Lipinski definition) is 1. The molecule has 6 heteroatoms. The lowest BCUT2D eigenvalue weighted by Crippen LogP contribution is -2.15. The Hall–Kier alpha value is -1.10. The van der Waals surface area contributed by atoms with E-state index in [1.54, 1.807) is 6.07 Å². The van der Waals surface area contributed by atoms with Crippen molar-refractivity contribution in [2.45, 2.75) is 6.54 Å². The van der Waals surface area contributed by atoms with Gasteiger partial charge in [-0.2, -0.15) is 0 Å². The second-order valence-electron chi connectivity index (χ2n) is 4.61. The number of benzene rings is 2. The fourth-order valence-corrected chi connectivity index (χ4v) is 3.14. The minimum atomic E-state index is 0.567. The van der Waals surface area contributed by atoms with E-state index in [1.165, 1.54) is 0 Å². The van der Waals surface area contributed by atoms with Gasteiger partial charge in [0.15, 0.2) is 11.5 Å². The van der Waals surface area contributed by atoms with Crippen molar-refractivity contribution >= 4 is 44.8 Å². The van der Waals surface area contributed by atoms with Gasteiger partial charge >= 0.3 is 0 Å². The van der Waals surface area contributed by atoms with Crippen LogP contribution < -0.4 is 14.8 Å². The summed E-state index contributed by atoms with van der Waals surface area (Å²) in [6.07, 6.45) is 0. The quantitative estimate of drug-likeness (QED) is 0.789. The Morgan fingerprint density at radius 1 is 0.952 bits per heavy atom. The predicted octanol–water partition coefficient (Wildman–Crippen LogP) is 5.14. The molecule has 3 rings (SSSR count). The summed E-state index contributed by atoms with van der Waals surface area (Å²) in [7, 11) is 0. The molecular formula is C15H12BrCl2NO2. The molecule has 1 N–H and O–H groups in total. The van der Waals surface area contributed by atoms with Gasteiger partial charge in [0.1, 0.15) is 13.2 Å². The zero-order valence-electron chi connectivity index (χ0n) is 11.0. The molecule has 110 valence electrons. The molecule has 0 radical (unpaired) electrons. The van der Waals surface area contributed by atoms with Gasteiger partial charge in [0.2, 0.25) is 0 Å². The van der Waals surface area contributed by atoms with E-state index in [4.69, 9.17) is 32.7 Å². The Balaban J connectivity index is 1.78. The average molecular weight is 389 g/mol. The molecular weight excluding hydrogens is 377 g/mol. The van der Waals surface area contributed by atoms with E-state index in [-0.39, 0.29) is 0 Å². The van der Waals surface area contributed by atoms with Crippen LogP contribution in [0.25, 0.3) is 0 Å². The Bertz CT molecular complexity index is 659. The molecule has 2 aromatic rings. The van der Waals surface area contributed by atoms with Gasteiger partial charge in [-0.3, -0.25) is 0 Å². The summed E-state index contributed by atoms with van der Waals surface area (Å²) in [6, 6.07) is 9.30. The zero-order valence-corrected chi connectivity index (χ0v) is 14.1. The molecule has 0 bridgehead atoms. The van der Waals surface area contributed by atoms with Crippen LogP contribution in [0, 0.1) is 0 Å². The first-order chi connectivity index (χ1) is 10.1. The van der Waals surface area contributed by atoms with Gasteiger partial charge in [-0.15, -0.1) is 0 Å². The number of rotatable bonds is 3. The van der Waals surface area contributed by atoms with Gasteiger partial charge in [0.05, 0.1) is 5.69 Å². The van der Waals surface area contributed by atoms with E-state index in [0.717, 1.165) is 27.2 Å². The van der Waals surface area contributed by atoms with Gasteiger partial charge in [0, 0.05) is 33.2 Å². The summed E-state index contributed by atoms with van der Waals surface area (Å²) in [4.78, 5) is 0. The van der Waals surface area contributed by atoms with E-state index < -0.39 is 0 Å². The first kappa shape index (κ1) is 14.8. The third kappa shape index (κ3) is 3.57. The highest BCUT2D eigenvalue weighted by Gasteiger charge is 2.14. The molecule has 1 aliphatic heterocycles. The van der Waals surface area contributed by atoms with Crippen LogP contribution in [0.3, 0.4) is 0 Å². The van der Waals surface area contributed by atoms with Crippen LogP contribution in [0.2, 0.25) is 10.0 Å². The Labute approximate surface area is 141 Å². The molecule has 1 aliphatic rings. The SMILES string of the molecule is Clc1cc(Cl)cc(CNc2cc3c(cc2Br)OCCO3)c1. The summed E-state index contributed by atoms with van der Waals surface area (Å²) in [5, 5.41) is 4.59. The van der Waals surface area contributed by atoms with Crippen LogP contribution in [0.4, 0.5) is 5.69 Å². The monoisotopic (exact) mass is 387 g/mol. The molecule has 3 nitrogen and oxygen atoms in total. The van der Waals surface area contributed by atoms with E-state index in [9.17, 15) is 0 Å². The van der Waals surface area contributed by atoms with Gasteiger partial charge in [-0.25, -0.2) is 0 Å². The molecule has 1 heterocycles. The van der Waals surface area contributed by atoms with Gasteiger partial charge in [0.25, 0.3) is 0 Å². The van der Waals surface area contributed by atoms with Crippen LogP contribution >= 0.6 is 39.1 Å². The first-order valence-corrected chi connectivity index (χ1v) is 7.95. The van der Waals surface area contributed by atoms with Crippen molar-refractivity contribution in [2.24, 2.45) is 0 Å². The summed E-state index contributed by atoms with van der Waals surface area (Å²) in [5.41, 5.74) is 1.93. The zero-order chi connectivity index (χ0) is 14.8. The second kappa shape index (κ2) is 6.34. The maximum absolute atomic E-state index is 6.00. The number of hydrogen-bond acceptors (Lipinski definition) is 3. The van der Waals surface area contributed by atoms with Gasteiger partial charge in [-0.1, -0.05) is 23.2 Å². The molecule has 0 saturated carbocycles. The highest BCUT2D eigenvalue weighted by Crippen LogP contribution is 2.38. The number of anilines is 1. The fourth-order valence-electron chi connectivity index (χ4n) is 2.11. The summed E-state index contributed by atoms with van der Waals surface area (Å²) < 4.78 is 12.0. The van der Waals surface area contributed by atoms with Crippen molar-refractivity contribution in [1.82, 2.24) is 0 Å². The van der Waals surface area contributed by atoms with Gasteiger partial charge < -0.3 is 14.8 Å². The van der Waals surface area contributed by atoms with Crippen LogP contribution in [0.1, 0.15) is 5.56 Å². The normalized spacial score (nSPS) is 13.1. The van der Waals surface area contributed by atoms with E-state index in [1.807, 2.05) is 24.3 Å². The van der Waals surface area contributed by atoms with Crippen LogP contribution in [-0.4, -0.2) is 13.2 Å². The second-order valence-corrected chi connectivity index (χ2v) is 6.33. The highest BCUT2D eigenvalue weighted by molar-refractivity contribution is 9.10. The van der Waals surface area contributed by atoms with Crippen molar-refractivity contribution < 1.29 is 9.47 Å². The third-order valence-corrected chi connectivity index (χ3v) is 4.13. The molecule has 0 amide bonds. The minimum Gasteiger partial charge on any atom is -0.486 e. The Morgan fingerprint density at radius 3 is 2.24 bits per heavy atom. The van der Waals surface area contributed by atoms with E-state index in [2.05, 4.69) is 21.2 Å². The number of fused-ring (bicyclic) bond motifs is 1. The van der Waals surface area contributed by atoms with Crippen LogP contribution in [0.5, 0.6) is 11.5 Å². The van der Waals surface area contributed by atoms with Crippen LogP contribution in [-0.2, 0) is 6.54 Å². The third-order valence-electron chi connectivity index (χ3n) is 3.04. The van der Waals surface area contributed by atoms with Crippen molar-refractivity contribution in [2.75, 3.05) is 18.5 Å². The molecule has 0 atom stereocenters. The Morgan fingerprint density at radius 2 is 1.57 bits per heavy atom. The average Bonchev–Trinajstić information content (AvgIpc) is 2.44. The van der Waals surface area contributed by atoms with E-state index in [0.29, 0.717) is 29.8 Å². The van der Waals surface area contributed by atoms with Crippen molar-refractivity contribution in [1.29, 1.82) is 0 Å². The molecule has 2 aromatic carbocycles. The minimum absolute atomic E-state index is 0.567. The van der Waals surface area contributed by atoms with Crippen molar-refractivity contribution in [3.8, 4) is 11.5 Å². The molecule has 21 heavy (non-hydrogen) atoms. The largest absolute Gasteiger partial charge is 0.486 e. The highest BCUT2D eigenvalue weighted by atomic mass is 79.9. The number of ether oxygens (including phenoxy) is 2. The predicted molar refractivity (Wildman–Crippen MR) is 88.9 cm³/mol. The van der Waals surface area contributed by atoms with E-state index >= 15 is 0 Å². The Kier molecular flexibility index (Phi) is 4.48. The molecule has 0 aromatic heterocycles. The van der Waals surface area contributed by atoms with Crippen molar-refractivity contribution in [3.63, 3.8) is 0 Å². The number of nitrogens with one attached hydrogen (secondary N) is 1. The molecule has 0 spiro atoms. The summed E-state index contributed by atoms with van der Waals surface area (Å²) >= 11 is 15.5. The van der Waals surface area contributed by atoms with Crippen molar-refractivity contribution in [3.05, 3.63) is 50.4 Å². The fraction of sp³-hybridized carbons (Fsp3) is 0.200. The number of halogens is 3. The van der Waals surface area contributed by atoms with Crippen LogP contribution in [0.15, 0.2) is 34.8 Å². The molecule has 0 saturated heterocycles. The summed E-state index contributed by atoms with van der Waals surface area (Å²) in [6.45, 7) is 1.75. The van der Waals surface area contributed by atoms with Gasteiger partial charge in [-0.05, 0) is 39.7 Å². The molecule has 0 unspecified atom stereocenters. The summed E-state index contributed by atoms with van der Waals surface area (Å²) in [5.74, 6) is 1.50. The maximum atomic E-state index is 6.00.